The number of benzene rings is 2. The number of rotatable bonds is 9. The number of carbonyl (C=O) groups excluding carboxylic acids is 3. The molecule has 2 rings (SSSR count). The summed E-state index contributed by atoms with van der Waals surface area (Å²) in [6, 6.07) is 13.3. The molecule has 0 aliphatic rings. The Balaban J connectivity index is 1.71. The first-order valence-electron chi connectivity index (χ1n) is 10.6. The fourth-order valence-electron chi connectivity index (χ4n) is 2.88. The molecule has 8 nitrogen and oxygen atoms in total. The van der Waals surface area contributed by atoms with Crippen LogP contribution < -0.4 is 16.0 Å². The molecule has 2 aromatic carbocycles. The number of unbranched alkanes of at least 4 members (excludes halogenated alkanes) is 2. The van der Waals surface area contributed by atoms with Gasteiger partial charge in [0.1, 0.15) is 11.4 Å². The van der Waals surface area contributed by atoms with E-state index < -0.39 is 11.7 Å². The molecule has 0 saturated heterocycles. The minimum atomic E-state index is -0.623. The van der Waals surface area contributed by atoms with Crippen molar-refractivity contribution in [3.63, 3.8) is 0 Å². The van der Waals surface area contributed by atoms with E-state index in [1.165, 1.54) is 12.1 Å². The quantitative estimate of drug-likeness (QED) is 0.396. The number of nitrogens with one attached hydrogen (secondary N) is 3. The number of para-hydroxylation sites is 2. The normalized spacial score (nSPS) is 10.8. The third-order valence-electron chi connectivity index (χ3n) is 4.27. The first-order valence-corrected chi connectivity index (χ1v) is 10.6. The Morgan fingerprint density at radius 3 is 2.00 bits per heavy atom. The fourth-order valence-corrected chi connectivity index (χ4v) is 2.88. The number of carbonyl (C=O) groups is 3. The van der Waals surface area contributed by atoms with E-state index in [9.17, 15) is 19.5 Å². The van der Waals surface area contributed by atoms with Gasteiger partial charge in [0, 0.05) is 24.6 Å². The Labute approximate surface area is 188 Å². The molecular weight excluding hydrogens is 410 g/mol. The van der Waals surface area contributed by atoms with E-state index in [2.05, 4.69) is 16.0 Å². The fraction of sp³-hybridized carbons (Fsp3) is 0.375. The van der Waals surface area contributed by atoms with Crippen LogP contribution in [0.2, 0.25) is 0 Å². The van der Waals surface area contributed by atoms with Gasteiger partial charge in [-0.1, -0.05) is 24.6 Å². The van der Waals surface area contributed by atoms with E-state index in [4.69, 9.17) is 4.74 Å². The molecule has 0 radical (unpaired) electrons. The summed E-state index contributed by atoms with van der Waals surface area (Å²) < 4.78 is 5.25. The second-order valence-electron chi connectivity index (χ2n) is 8.38. The number of hydrogen-bond acceptors (Lipinski definition) is 5. The highest BCUT2D eigenvalue weighted by Crippen LogP contribution is 2.22. The van der Waals surface area contributed by atoms with E-state index in [0.29, 0.717) is 42.7 Å². The lowest BCUT2D eigenvalue weighted by Gasteiger charge is -2.20. The summed E-state index contributed by atoms with van der Waals surface area (Å²) in [5.74, 6) is -0.216. The van der Waals surface area contributed by atoms with Crippen molar-refractivity contribution >= 4 is 35.0 Å². The lowest BCUT2D eigenvalue weighted by atomic mass is 10.1. The number of ether oxygens (including phenoxy) is 1. The molecule has 0 aliphatic heterocycles. The molecule has 172 valence electrons. The molecule has 4 N–H and O–H groups in total. The molecule has 0 bridgehead atoms. The Morgan fingerprint density at radius 2 is 1.41 bits per heavy atom. The summed E-state index contributed by atoms with van der Waals surface area (Å²) in [6.07, 6.45) is 2.04. The van der Waals surface area contributed by atoms with Gasteiger partial charge in [0.2, 0.25) is 11.8 Å². The van der Waals surface area contributed by atoms with Crippen LogP contribution in [0, 0.1) is 0 Å². The van der Waals surface area contributed by atoms with Crippen LogP contribution in [0.4, 0.5) is 21.9 Å². The lowest BCUT2D eigenvalue weighted by molar-refractivity contribution is -0.116. The minimum absolute atomic E-state index is 0.0941. The number of phenolic OH excluding ortho intramolecular Hbond substituents is 1. The summed E-state index contributed by atoms with van der Waals surface area (Å²) in [4.78, 5) is 36.3. The van der Waals surface area contributed by atoms with Gasteiger partial charge >= 0.3 is 6.09 Å². The Kier molecular flexibility index (Phi) is 9.07. The Morgan fingerprint density at radius 1 is 0.812 bits per heavy atom. The van der Waals surface area contributed by atoms with E-state index in [1.807, 2.05) is 0 Å². The predicted octanol–water partition coefficient (Wildman–Crippen LogP) is 5.27. The smallest absolute Gasteiger partial charge is 0.412 e. The minimum Gasteiger partial charge on any atom is -0.508 e. The number of anilines is 3. The predicted molar refractivity (Wildman–Crippen MR) is 125 cm³/mol. The van der Waals surface area contributed by atoms with Gasteiger partial charge < -0.3 is 20.5 Å². The zero-order chi connectivity index (χ0) is 23.6. The van der Waals surface area contributed by atoms with Crippen LogP contribution in [0.5, 0.6) is 5.75 Å². The molecule has 0 spiro atoms. The maximum Gasteiger partial charge on any atom is 0.412 e. The van der Waals surface area contributed by atoms with E-state index in [-0.39, 0.29) is 17.6 Å². The maximum absolute atomic E-state index is 12.3. The van der Waals surface area contributed by atoms with Gasteiger partial charge in [-0.15, -0.1) is 0 Å². The summed E-state index contributed by atoms with van der Waals surface area (Å²) in [5, 5.41) is 17.6. The molecule has 2 aromatic rings. The summed E-state index contributed by atoms with van der Waals surface area (Å²) in [5.41, 5.74) is 0.878. The zero-order valence-electron chi connectivity index (χ0n) is 18.7. The van der Waals surface area contributed by atoms with E-state index in [0.717, 1.165) is 6.42 Å². The second-order valence-corrected chi connectivity index (χ2v) is 8.38. The number of amides is 3. The van der Waals surface area contributed by atoms with Crippen molar-refractivity contribution in [2.24, 2.45) is 0 Å². The van der Waals surface area contributed by atoms with Gasteiger partial charge in [0.15, 0.2) is 0 Å². The monoisotopic (exact) mass is 441 g/mol. The molecule has 32 heavy (non-hydrogen) atoms. The molecule has 0 heterocycles. The van der Waals surface area contributed by atoms with E-state index >= 15 is 0 Å². The third-order valence-corrected chi connectivity index (χ3v) is 4.27. The van der Waals surface area contributed by atoms with Crippen molar-refractivity contribution < 1.29 is 24.2 Å². The number of phenols is 1. The van der Waals surface area contributed by atoms with Gasteiger partial charge in [-0.25, -0.2) is 4.79 Å². The average Bonchev–Trinajstić information content (AvgIpc) is 2.68. The summed E-state index contributed by atoms with van der Waals surface area (Å²) in [6.45, 7) is 5.32. The standard InChI is InChI=1S/C24H31N3O5/c1-24(2,3)32-23(31)27-20-13-8-7-12-19(20)26-22(30)15-6-4-5-14-21(29)25-17-10-9-11-18(28)16-17/h7-13,16,28H,4-6,14-15H2,1-3H3,(H,25,29)(H,26,30)(H,27,31). The van der Waals surface area contributed by atoms with Gasteiger partial charge in [-0.05, 0) is 57.9 Å². The molecule has 0 unspecified atom stereocenters. The SMILES string of the molecule is CC(C)(C)OC(=O)Nc1ccccc1NC(=O)CCCCCC(=O)Nc1cccc(O)c1. The van der Waals surface area contributed by atoms with Crippen molar-refractivity contribution in [3.8, 4) is 5.75 Å². The van der Waals surface area contributed by atoms with Gasteiger partial charge in [0.25, 0.3) is 0 Å². The molecule has 0 saturated carbocycles. The van der Waals surface area contributed by atoms with Crippen LogP contribution in [0.25, 0.3) is 0 Å². The van der Waals surface area contributed by atoms with Crippen LogP contribution in [-0.2, 0) is 14.3 Å². The largest absolute Gasteiger partial charge is 0.508 e. The van der Waals surface area contributed by atoms with Crippen molar-refractivity contribution in [1.29, 1.82) is 0 Å². The van der Waals surface area contributed by atoms with Crippen LogP contribution in [-0.4, -0.2) is 28.6 Å². The topological polar surface area (TPSA) is 117 Å². The number of aromatic hydroxyl groups is 1. The van der Waals surface area contributed by atoms with Crippen LogP contribution >= 0.6 is 0 Å². The molecule has 0 fully saturated rings. The van der Waals surface area contributed by atoms with E-state index in [1.54, 1.807) is 57.2 Å². The van der Waals surface area contributed by atoms with Crippen LogP contribution in [0.15, 0.2) is 48.5 Å². The average molecular weight is 442 g/mol. The molecule has 0 aromatic heterocycles. The van der Waals surface area contributed by atoms with Crippen molar-refractivity contribution in [2.45, 2.75) is 58.5 Å². The molecular formula is C24H31N3O5. The van der Waals surface area contributed by atoms with Crippen LogP contribution in [0.1, 0.15) is 52.9 Å². The highest BCUT2D eigenvalue weighted by Gasteiger charge is 2.17. The first-order chi connectivity index (χ1) is 15.1. The van der Waals surface area contributed by atoms with Crippen molar-refractivity contribution in [3.05, 3.63) is 48.5 Å². The second kappa shape index (κ2) is 11.7. The molecule has 3 amide bonds. The van der Waals surface area contributed by atoms with Gasteiger partial charge in [-0.2, -0.15) is 0 Å². The summed E-state index contributed by atoms with van der Waals surface area (Å²) >= 11 is 0. The Hall–Kier alpha value is -3.55. The third kappa shape index (κ3) is 9.51. The van der Waals surface area contributed by atoms with Crippen molar-refractivity contribution in [1.82, 2.24) is 0 Å². The van der Waals surface area contributed by atoms with Gasteiger partial charge in [0.05, 0.1) is 11.4 Å². The van der Waals surface area contributed by atoms with Gasteiger partial charge in [-0.3, -0.25) is 14.9 Å². The number of hydrogen-bond donors (Lipinski definition) is 4. The lowest BCUT2D eigenvalue weighted by Crippen LogP contribution is -2.27. The highest BCUT2D eigenvalue weighted by atomic mass is 16.6. The van der Waals surface area contributed by atoms with Crippen molar-refractivity contribution in [2.75, 3.05) is 16.0 Å². The molecule has 0 atom stereocenters. The zero-order valence-corrected chi connectivity index (χ0v) is 18.7. The Bertz CT molecular complexity index is 937. The van der Waals surface area contributed by atoms with Crippen LogP contribution in [0.3, 0.4) is 0 Å². The summed E-state index contributed by atoms with van der Waals surface area (Å²) in [7, 11) is 0. The maximum atomic E-state index is 12.3. The molecule has 0 aliphatic carbocycles. The highest BCUT2D eigenvalue weighted by molar-refractivity contribution is 5.97. The molecule has 8 heteroatoms. The first kappa shape index (κ1) is 24.7.